The number of carbonyl (C=O) groups is 1. The molecule has 0 amide bonds. The van der Waals surface area contributed by atoms with Gasteiger partial charge in [0.05, 0.1) is 6.10 Å². The summed E-state index contributed by atoms with van der Waals surface area (Å²) < 4.78 is 5.58. The summed E-state index contributed by atoms with van der Waals surface area (Å²) in [6, 6.07) is 7.43. The van der Waals surface area contributed by atoms with Gasteiger partial charge in [-0.25, -0.2) is 0 Å². The van der Waals surface area contributed by atoms with E-state index in [0.717, 1.165) is 24.2 Å². The van der Waals surface area contributed by atoms with E-state index < -0.39 is 0 Å². The van der Waals surface area contributed by atoms with Crippen LogP contribution >= 0.6 is 0 Å². The van der Waals surface area contributed by atoms with E-state index >= 15 is 0 Å². The molecule has 1 aliphatic rings. The molecule has 0 heterocycles. The smallest absolute Gasteiger partial charge is 0.162 e. The molecule has 14 heavy (non-hydrogen) atoms. The fraction of sp³-hybridized carbons (Fsp3) is 0.417. The Kier molecular flexibility index (Phi) is 2.53. The van der Waals surface area contributed by atoms with Gasteiger partial charge in [0.2, 0.25) is 0 Å². The number of benzene rings is 1. The van der Waals surface area contributed by atoms with Crippen LogP contribution in [0.25, 0.3) is 0 Å². The Labute approximate surface area is 83.9 Å². The molecular formula is C12H14O2. The van der Waals surface area contributed by atoms with E-state index in [1.807, 2.05) is 31.2 Å². The van der Waals surface area contributed by atoms with Gasteiger partial charge in [0.1, 0.15) is 5.75 Å². The second kappa shape index (κ2) is 3.82. The molecule has 74 valence electrons. The first kappa shape index (κ1) is 9.25. The maximum absolute atomic E-state index is 11.3. The van der Waals surface area contributed by atoms with Crippen molar-refractivity contribution in [2.75, 3.05) is 0 Å². The number of Topliss-reactive ketones (excluding diaryl/α,β-unsaturated/α-hetero) is 1. The summed E-state index contributed by atoms with van der Waals surface area (Å²) in [4.78, 5) is 11.3. The first-order chi connectivity index (χ1) is 6.79. The topological polar surface area (TPSA) is 26.3 Å². The Hall–Kier alpha value is -1.31. The van der Waals surface area contributed by atoms with E-state index in [1.54, 1.807) is 0 Å². The summed E-state index contributed by atoms with van der Waals surface area (Å²) in [6.07, 6.45) is 3.30. The Morgan fingerprint density at radius 3 is 2.50 bits per heavy atom. The Balaban J connectivity index is 2.04. The fourth-order valence-corrected chi connectivity index (χ4v) is 1.30. The van der Waals surface area contributed by atoms with Crippen LogP contribution < -0.4 is 4.74 Å². The molecule has 1 fully saturated rings. The van der Waals surface area contributed by atoms with Crippen LogP contribution in [0.1, 0.15) is 36.5 Å². The van der Waals surface area contributed by atoms with Crippen molar-refractivity contribution in [3.05, 3.63) is 29.8 Å². The zero-order valence-corrected chi connectivity index (χ0v) is 8.32. The summed E-state index contributed by atoms with van der Waals surface area (Å²) in [5, 5.41) is 0. The van der Waals surface area contributed by atoms with E-state index in [4.69, 9.17) is 4.74 Å². The number of ether oxygens (including phenoxy) is 1. The van der Waals surface area contributed by atoms with Gasteiger partial charge in [-0.05, 0) is 37.1 Å². The molecule has 2 rings (SSSR count). The van der Waals surface area contributed by atoms with Gasteiger partial charge in [-0.3, -0.25) is 4.79 Å². The first-order valence-corrected chi connectivity index (χ1v) is 5.09. The molecule has 2 nitrogen and oxygen atoms in total. The summed E-state index contributed by atoms with van der Waals surface area (Å²) in [7, 11) is 0. The second-order valence-corrected chi connectivity index (χ2v) is 3.62. The minimum Gasteiger partial charge on any atom is -0.490 e. The molecule has 0 atom stereocenters. The molecule has 1 aliphatic carbocycles. The molecule has 0 aliphatic heterocycles. The molecule has 1 aromatic rings. The predicted molar refractivity (Wildman–Crippen MR) is 54.7 cm³/mol. The average molecular weight is 190 g/mol. The van der Waals surface area contributed by atoms with Crippen LogP contribution in [-0.4, -0.2) is 11.9 Å². The van der Waals surface area contributed by atoms with Gasteiger partial charge in [-0.2, -0.15) is 0 Å². The van der Waals surface area contributed by atoms with Crippen LogP contribution in [0, 0.1) is 0 Å². The zero-order valence-electron chi connectivity index (χ0n) is 8.32. The van der Waals surface area contributed by atoms with Gasteiger partial charge < -0.3 is 4.74 Å². The summed E-state index contributed by atoms with van der Waals surface area (Å²) in [5.74, 6) is 1.06. The highest BCUT2D eigenvalue weighted by Crippen LogP contribution is 2.26. The maximum atomic E-state index is 11.3. The minimum absolute atomic E-state index is 0.183. The molecule has 0 spiro atoms. The van der Waals surface area contributed by atoms with Crippen molar-refractivity contribution in [3.63, 3.8) is 0 Å². The van der Waals surface area contributed by atoms with Crippen molar-refractivity contribution < 1.29 is 9.53 Å². The Morgan fingerprint density at radius 1 is 1.36 bits per heavy atom. The largest absolute Gasteiger partial charge is 0.490 e. The van der Waals surface area contributed by atoms with Crippen molar-refractivity contribution in [1.29, 1.82) is 0 Å². The van der Waals surface area contributed by atoms with Crippen molar-refractivity contribution >= 4 is 5.78 Å². The quantitative estimate of drug-likeness (QED) is 0.682. The predicted octanol–water partition coefficient (Wildman–Crippen LogP) is 2.82. The van der Waals surface area contributed by atoms with Crippen LogP contribution in [0.2, 0.25) is 0 Å². The SMILES string of the molecule is CCC(=O)c1ccc(OC2CC2)cc1. The standard InChI is InChI=1S/C12H14O2/c1-2-12(13)9-3-5-10(6-4-9)14-11-7-8-11/h3-6,11H,2,7-8H2,1H3. The maximum Gasteiger partial charge on any atom is 0.162 e. The molecule has 1 saturated carbocycles. The molecule has 1 aromatic carbocycles. The lowest BCUT2D eigenvalue weighted by Gasteiger charge is -2.04. The van der Waals surface area contributed by atoms with Gasteiger partial charge in [0.15, 0.2) is 5.78 Å². The lowest BCUT2D eigenvalue weighted by atomic mass is 10.1. The Bertz CT molecular complexity index is 323. The van der Waals surface area contributed by atoms with E-state index in [2.05, 4.69) is 0 Å². The molecule has 2 heteroatoms. The number of ketones is 1. The molecule has 0 aromatic heterocycles. The number of hydrogen-bond donors (Lipinski definition) is 0. The van der Waals surface area contributed by atoms with Crippen molar-refractivity contribution in [1.82, 2.24) is 0 Å². The van der Waals surface area contributed by atoms with Crippen molar-refractivity contribution in [2.45, 2.75) is 32.3 Å². The normalized spacial score (nSPS) is 15.2. The Morgan fingerprint density at radius 2 is 2.00 bits per heavy atom. The number of rotatable bonds is 4. The van der Waals surface area contributed by atoms with Crippen molar-refractivity contribution in [3.8, 4) is 5.75 Å². The van der Waals surface area contributed by atoms with Crippen LogP contribution in [-0.2, 0) is 0 Å². The monoisotopic (exact) mass is 190 g/mol. The lowest BCUT2D eigenvalue weighted by molar-refractivity contribution is 0.0988. The van der Waals surface area contributed by atoms with Gasteiger partial charge in [-0.1, -0.05) is 6.92 Å². The number of hydrogen-bond acceptors (Lipinski definition) is 2. The summed E-state index contributed by atoms with van der Waals surface area (Å²) in [5.41, 5.74) is 0.774. The summed E-state index contributed by atoms with van der Waals surface area (Å²) >= 11 is 0. The van der Waals surface area contributed by atoms with E-state index in [1.165, 1.54) is 0 Å². The molecule has 0 saturated heterocycles. The highest BCUT2D eigenvalue weighted by Gasteiger charge is 2.23. The minimum atomic E-state index is 0.183. The molecule has 0 radical (unpaired) electrons. The lowest BCUT2D eigenvalue weighted by Crippen LogP contribution is -1.98. The molecule has 0 unspecified atom stereocenters. The van der Waals surface area contributed by atoms with Gasteiger partial charge in [0, 0.05) is 12.0 Å². The zero-order chi connectivity index (χ0) is 9.97. The van der Waals surface area contributed by atoms with E-state index in [-0.39, 0.29) is 5.78 Å². The van der Waals surface area contributed by atoms with Gasteiger partial charge in [-0.15, -0.1) is 0 Å². The third-order valence-electron chi connectivity index (χ3n) is 2.32. The van der Waals surface area contributed by atoms with E-state index in [0.29, 0.717) is 12.5 Å². The van der Waals surface area contributed by atoms with Gasteiger partial charge in [0.25, 0.3) is 0 Å². The molecular weight excluding hydrogens is 176 g/mol. The summed E-state index contributed by atoms with van der Waals surface area (Å²) in [6.45, 7) is 1.87. The van der Waals surface area contributed by atoms with Crippen molar-refractivity contribution in [2.24, 2.45) is 0 Å². The van der Waals surface area contributed by atoms with Gasteiger partial charge >= 0.3 is 0 Å². The van der Waals surface area contributed by atoms with Crippen LogP contribution in [0.4, 0.5) is 0 Å². The van der Waals surface area contributed by atoms with Crippen LogP contribution in [0.5, 0.6) is 5.75 Å². The second-order valence-electron chi connectivity index (χ2n) is 3.62. The average Bonchev–Trinajstić information content (AvgIpc) is 3.02. The third-order valence-corrected chi connectivity index (χ3v) is 2.32. The van der Waals surface area contributed by atoms with E-state index in [9.17, 15) is 4.79 Å². The molecule has 0 bridgehead atoms. The highest BCUT2D eigenvalue weighted by molar-refractivity contribution is 5.95. The highest BCUT2D eigenvalue weighted by atomic mass is 16.5. The number of carbonyl (C=O) groups excluding carboxylic acids is 1. The third kappa shape index (κ3) is 2.13. The molecule has 0 N–H and O–H groups in total. The van der Waals surface area contributed by atoms with Crippen LogP contribution in [0.15, 0.2) is 24.3 Å². The first-order valence-electron chi connectivity index (χ1n) is 5.09. The van der Waals surface area contributed by atoms with Crippen LogP contribution in [0.3, 0.4) is 0 Å². The fourth-order valence-electron chi connectivity index (χ4n) is 1.30.